The van der Waals surface area contributed by atoms with Crippen molar-refractivity contribution < 1.29 is 9.72 Å². The third-order valence-electron chi connectivity index (χ3n) is 4.38. The second-order valence-electron chi connectivity index (χ2n) is 6.51. The zero-order chi connectivity index (χ0) is 19.6. The van der Waals surface area contributed by atoms with Crippen LogP contribution in [-0.2, 0) is 11.5 Å². The van der Waals surface area contributed by atoms with Gasteiger partial charge in [0.15, 0.2) is 0 Å². The average Bonchev–Trinajstić information content (AvgIpc) is 2.88. The van der Waals surface area contributed by atoms with Crippen molar-refractivity contribution >= 4 is 28.1 Å². The van der Waals surface area contributed by atoms with Crippen molar-refractivity contribution in [3.8, 4) is 0 Å². The Labute approximate surface area is 156 Å². The number of nitrogens with one attached hydrogen (secondary N) is 1. The van der Waals surface area contributed by atoms with Crippen molar-refractivity contribution in [1.29, 1.82) is 0 Å². The summed E-state index contributed by atoms with van der Waals surface area (Å²) in [7, 11) is 1.77. The number of carbonyl (C=O) groups excluding carboxylic acids is 1. The highest BCUT2D eigenvalue weighted by Crippen LogP contribution is 2.23. The molecule has 8 heteroatoms. The molecule has 3 rings (SSSR count). The van der Waals surface area contributed by atoms with Crippen molar-refractivity contribution in [2.45, 2.75) is 20.5 Å². The molecule has 1 heterocycles. The third kappa shape index (κ3) is 3.95. The average molecular weight is 367 g/mol. The first-order chi connectivity index (χ1) is 12.9. The lowest BCUT2D eigenvalue weighted by atomic mass is 10.1. The lowest BCUT2D eigenvalue weighted by molar-refractivity contribution is -0.386. The molecule has 1 N–H and O–H groups in total. The van der Waals surface area contributed by atoms with Gasteiger partial charge < -0.3 is 5.32 Å². The minimum Gasteiger partial charge on any atom is -0.324 e. The van der Waals surface area contributed by atoms with Gasteiger partial charge in [-0.1, -0.05) is 36.4 Å². The maximum absolute atomic E-state index is 12.4. The molecule has 0 spiro atoms. The molecule has 0 aliphatic rings. The molecule has 0 bridgehead atoms. The van der Waals surface area contributed by atoms with E-state index in [1.165, 1.54) is 0 Å². The minimum atomic E-state index is -0.429. The molecule has 0 fully saturated rings. The number of anilines is 1. The predicted molar refractivity (Wildman–Crippen MR) is 104 cm³/mol. The van der Waals surface area contributed by atoms with Crippen LogP contribution in [0.1, 0.15) is 11.4 Å². The van der Waals surface area contributed by atoms with Crippen LogP contribution in [0.4, 0.5) is 11.4 Å². The molecule has 0 aliphatic carbocycles. The van der Waals surface area contributed by atoms with Crippen LogP contribution in [0, 0.1) is 24.0 Å². The minimum absolute atomic E-state index is 0.0172. The first-order valence-corrected chi connectivity index (χ1v) is 8.51. The first-order valence-electron chi connectivity index (χ1n) is 8.51. The van der Waals surface area contributed by atoms with Crippen LogP contribution in [0.2, 0.25) is 0 Å². The Morgan fingerprint density at radius 3 is 2.63 bits per heavy atom. The summed E-state index contributed by atoms with van der Waals surface area (Å²) >= 11 is 0. The van der Waals surface area contributed by atoms with Gasteiger partial charge in [0.2, 0.25) is 5.91 Å². The Bertz CT molecular complexity index is 1010. The van der Waals surface area contributed by atoms with Gasteiger partial charge in [-0.2, -0.15) is 5.10 Å². The molecule has 2 aromatic carbocycles. The normalized spacial score (nSPS) is 11.1. The van der Waals surface area contributed by atoms with Gasteiger partial charge in [0.1, 0.15) is 11.4 Å². The number of nitro groups is 1. The van der Waals surface area contributed by atoms with Crippen LogP contribution >= 0.6 is 0 Å². The third-order valence-corrected chi connectivity index (χ3v) is 4.38. The molecule has 3 aromatic rings. The van der Waals surface area contributed by atoms with E-state index in [9.17, 15) is 14.9 Å². The molecule has 27 heavy (non-hydrogen) atoms. The van der Waals surface area contributed by atoms with Crippen molar-refractivity contribution in [2.24, 2.45) is 0 Å². The summed E-state index contributed by atoms with van der Waals surface area (Å²) in [6.45, 7) is 3.68. The van der Waals surface area contributed by atoms with E-state index in [0.717, 1.165) is 16.5 Å². The molecular weight excluding hydrogens is 346 g/mol. The van der Waals surface area contributed by atoms with E-state index in [-0.39, 0.29) is 24.8 Å². The number of aryl methyl sites for hydroxylation is 1. The maximum Gasteiger partial charge on any atom is 0.312 e. The van der Waals surface area contributed by atoms with Crippen molar-refractivity contribution in [2.75, 3.05) is 18.9 Å². The Hall–Kier alpha value is -3.26. The quantitative estimate of drug-likeness (QED) is 0.534. The lowest BCUT2D eigenvalue weighted by Gasteiger charge is -2.17. The summed E-state index contributed by atoms with van der Waals surface area (Å²) in [5.41, 5.74) is 1.61. The molecule has 0 aliphatic heterocycles. The van der Waals surface area contributed by atoms with Gasteiger partial charge in [-0.05, 0) is 32.3 Å². The van der Waals surface area contributed by atoms with Gasteiger partial charge >= 0.3 is 5.69 Å². The van der Waals surface area contributed by atoms with Gasteiger partial charge in [0.05, 0.1) is 18.1 Å². The van der Waals surface area contributed by atoms with Gasteiger partial charge in [0, 0.05) is 11.1 Å². The second kappa shape index (κ2) is 7.55. The van der Waals surface area contributed by atoms with Gasteiger partial charge in [-0.15, -0.1) is 0 Å². The van der Waals surface area contributed by atoms with E-state index in [2.05, 4.69) is 10.4 Å². The number of amides is 1. The number of rotatable bonds is 6. The van der Waals surface area contributed by atoms with E-state index in [4.69, 9.17) is 0 Å². The molecule has 0 atom stereocenters. The van der Waals surface area contributed by atoms with Gasteiger partial charge in [-0.3, -0.25) is 19.8 Å². The van der Waals surface area contributed by atoms with E-state index in [1.807, 2.05) is 42.5 Å². The zero-order valence-electron chi connectivity index (χ0n) is 15.5. The van der Waals surface area contributed by atoms with E-state index in [0.29, 0.717) is 11.4 Å². The Morgan fingerprint density at radius 2 is 1.93 bits per heavy atom. The van der Waals surface area contributed by atoms with Crippen LogP contribution < -0.4 is 5.32 Å². The molecule has 0 saturated heterocycles. The first kappa shape index (κ1) is 18.5. The summed E-state index contributed by atoms with van der Waals surface area (Å²) < 4.78 is 1.54. The summed E-state index contributed by atoms with van der Waals surface area (Å²) in [6, 6.07) is 13.6. The highest BCUT2D eigenvalue weighted by Gasteiger charge is 2.22. The number of carbonyl (C=O) groups is 1. The van der Waals surface area contributed by atoms with Gasteiger partial charge in [0.25, 0.3) is 0 Å². The number of benzene rings is 2. The highest BCUT2D eigenvalue weighted by molar-refractivity contribution is 6.02. The molecule has 0 saturated carbocycles. The van der Waals surface area contributed by atoms with Crippen molar-refractivity contribution in [1.82, 2.24) is 14.7 Å². The Balaban J connectivity index is 1.68. The fraction of sp³-hybridized carbons (Fsp3) is 0.263. The standard InChI is InChI=1S/C19H21N5O3/c1-13-19(24(26)27)14(2)23(21-13)12-22(3)11-18(25)20-17-10-6-8-15-7-4-5-9-16(15)17/h4-10H,11-12H2,1-3H3,(H,20,25). The Kier molecular flexibility index (Phi) is 5.18. The van der Waals surface area contributed by atoms with Crippen LogP contribution in [0.25, 0.3) is 10.8 Å². The zero-order valence-corrected chi connectivity index (χ0v) is 15.5. The highest BCUT2D eigenvalue weighted by atomic mass is 16.6. The number of hydrogen-bond donors (Lipinski definition) is 1. The maximum atomic E-state index is 12.4. The van der Waals surface area contributed by atoms with E-state index < -0.39 is 4.92 Å². The van der Waals surface area contributed by atoms with Crippen LogP contribution in [0.5, 0.6) is 0 Å². The summed E-state index contributed by atoms with van der Waals surface area (Å²) in [6.07, 6.45) is 0. The molecule has 0 unspecified atom stereocenters. The fourth-order valence-corrected chi connectivity index (χ4v) is 3.14. The number of aromatic nitrogens is 2. The van der Waals surface area contributed by atoms with Crippen LogP contribution in [0.3, 0.4) is 0 Å². The molecule has 1 amide bonds. The summed E-state index contributed by atoms with van der Waals surface area (Å²) in [5.74, 6) is -0.162. The molecule has 8 nitrogen and oxygen atoms in total. The summed E-state index contributed by atoms with van der Waals surface area (Å²) in [4.78, 5) is 24.9. The largest absolute Gasteiger partial charge is 0.324 e. The Morgan fingerprint density at radius 1 is 1.22 bits per heavy atom. The molecular formula is C19H21N5O3. The second-order valence-corrected chi connectivity index (χ2v) is 6.51. The fourth-order valence-electron chi connectivity index (χ4n) is 3.14. The van der Waals surface area contributed by atoms with E-state index >= 15 is 0 Å². The predicted octanol–water partition coefficient (Wildman–Crippen LogP) is 3.09. The number of nitrogens with zero attached hydrogens (tertiary/aromatic N) is 4. The van der Waals surface area contributed by atoms with Gasteiger partial charge in [-0.25, -0.2) is 4.68 Å². The molecule has 1 aromatic heterocycles. The lowest BCUT2D eigenvalue weighted by Crippen LogP contribution is -2.32. The van der Waals surface area contributed by atoms with Crippen LogP contribution in [-0.4, -0.2) is 39.1 Å². The van der Waals surface area contributed by atoms with E-state index in [1.54, 1.807) is 30.5 Å². The smallest absolute Gasteiger partial charge is 0.312 e. The monoisotopic (exact) mass is 367 g/mol. The molecule has 0 radical (unpaired) electrons. The van der Waals surface area contributed by atoms with Crippen LogP contribution in [0.15, 0.2) is 42.5 Å². The topological polar surface area (TPSA) is 93.3 Å². The van der Waals surface area contributed by atoms with Crippen molar-refractivity contribution in [3.05, 3.63) is 64.0 Å². The molecule has 140 valence electrons. The summed E-state index contributed by atoms with van der Waals surface area (Å²) in [5, 5.41) is 20.3. The number of hydrogen-bond acceptors (Lipinski definition) is 5. The van der Waals surface area contributed by atoms with Crippen molar-refractivity contribution in [3.63, 3.8) is 0 Å². The number of likely N-dealkylation sites (N-methyl/N-ethyl adjacent to an activating group) is 1. The SMILES string of the molecule is Cc1nn(CN(C)CC(=O)Nc2cccc3ccccc23)c(C)c1[N+](=O)[O-]. The number of fused-ring (bicyclic) bond motifs is 1.